The van der Waals surface area contributed by atoms with Gasteiger partial charge in [-0.15, -0.1) is 0 Å². The zero-order valence-corrected chi connectivity index (χ0v) is 7.57. The molecule has 0 aliphatic carbocycles. The summed E-state index contributed by atoms with van der Waals surface area (Å²) in [6.45, 7) is 0. The number of ether oxygens (including phenoxy) is 2. The minimum absolute atomic E-state index is 0.0140. The second-order valence-corrected chi connectivity index (χ2v) is 2.28. The molecule has 1 heterocycles. The van der Waals surface area contributed by atoms with E-state index in [9.17, 15) is 9.59 Å². The second kappa shape index (κ2) is 3.82. The lowest BCUT2D eigenvalue weighted by Crippen LogP contribution is -1.97. The van der Waals surface area contributed by atoms with Crippen molar-refractivity contribution in [2.45, 2.75) is 0 Å². The molecule has 0 bridgehead atoms. The summed E-state index contributed by atoms with van der Waals surface area (Å²) in [5.74, 6) is -2.09. The van der Waals surface area contributed by atoms with Gasteiger partial charge >= 0.3 is 5.97 Å². The maximum absolute atomic E-state index is 10.6. The highest BCUT2D eigenvalue weighted by Gasteiger charge is 2.26. The highest BCUT2D eigenvalue weighted by atomic mass is 16.5. The molecule has 14 heavy (non-hydrogen) atoms. The summed E-state index contributed by atoms with van der Waals surface area (Å²) in [6.07, 6.45) is 0.355. The molecule has 0 spiro atoms. The normalized spacial score (nSPS) is 9.57. The monoisotopic (exact) mass is 200 g/mol. The minimum Gasteiger partial charge on any atom is -0.490 e. The summed E-state index contributed by atoms with van der Waals surface area (Å²) in [4.78, 5) is 21.1. The molecule has 6 heteroatoms. The number of aldehydes is 1. The van der Waals surface area contributed by atoms with E-state index < -0.39 is 11.7 Å². The Morgan fingerprint density at radius 2 is 1.93 bits per heavy atom. The Kier molecular flexibility index (Phi) is 2.76. The fourth-order valence-electron chi connectivity index (χ4n) is 1.01. The molecular weight excluding hydrogens is 192 g/mol. The third-order valence-corrected chi connectivity index (χ3v) is 1.56. The molecule has 1 aromatic rings. The quantitative estimate of drug-likeness (QED) is 0.723. The third kappa shape index (κ3) is 1.41. The van der Waals surface area contributed by atoms with Gasteiger partial charge in [0.25, 0.3) is 5.76 Å². The molecular formula is C8H8O6. The molecule has 1 aromatic heterocycles. The molecule has 76 valence electrons. The Hall–Kier alpha value is -1.98. The van der Waals surface area contributed by atoms with Gasteiger partial charge in [-0.25, -0.2) is 4.79 Å². The van der Waals surface area contributed by atoms with Gasteiger partial charge in [-0.05, 0) is 0 Å². The van der Waals surface area contributed by atoms with E-state index in [0.29, 0.717) is 6.29 Å². The van der Waals surface area contributed by atoms with Crippen LogP contribution in [0.15, 0.2) is 4.42 Å². The number of carboxylic acid groups (broad SMARTS) is 1. The molecule has 0 aromatic carbocycles. The van der Waals surface area contributed by atoms with Crippen LogP contribution in [0, 0.1) is 0 Å². The number of hydrogen-bond acceptors (Lipinski definition) is 5. The maximum Gasteiger partial charge on any atom is 0.375 e. The highest BCUT2D eigenvalue weighted by Crippen LogP contribution is 2.36. The Balaban J connectivity index is 3.38. The fourth-order valence-corrected chi connectivity index (χ4v) is 1.01. The van der Waals surface area contributed by atoms with Crippen LogP contribution in [-0.4, -0.2) is 31.6 Å². The minimum atomic E-state index is -1.33. The van der Waals surface area contributed by atoms with Gasteiger partial charge in [0.05, 0.1) is 14.2 Å². The molecule has 0 amide bonds. The van der Waals surface area contributed by atoms with Crippen LogP contribution in [0.1, 0.15) is 21.1 Å². The zero-order valence-electron chi connectivity index (χ0n) is 7.57. The first-order valence-corrected chi connectivity index (χ1v) is 3.59. The van der Waals surface area contributed by atoms with Crippen LogP contribution in [0.4, 0.5) is 0 Å². The van der Waals surface area contributed by atoms with Gasteiger partial charge in [-0.3, -0.25) is 4.79 Å². The average Bonchev–Trinajstić information content (AvgIpc) is 2.54. The molecule has 0 saturated heterocycles. The van der Waals surface area contributed by atoms with Crippen LogP contribution in [0.3, 0.4) is 0 Å². The maximum atomic E-state index is 10.6. The number of aromatic carboxylic acids is 1. The SMILES string of the molecule is COc1c(C=O)oc(C(=O)O)c1OC. The third-order valence-electron chi connectivity index (χ3n) is 1.56. The number of carboxylic acids is 1. The van der Waals surface area contributed by atoms with Crippen molar-refractivity contribution in [3.8, 4) is 11.5 Å². The van der Waals surface area contributed by atoms with Crippen LogP contribution in [0.2, 0.25) is 0 Å². The molecule has 1 rings (SSSR count). The number of carbonyl (C=O) groups excluding carboxylic acids is 1. The topological polar surface area (TPSA) is 86.0 Å². The van der Waals surface area contributed by atoms with Gasteiger partial charge in [-0.2, -0.15) is 0 Å². The fraction of sp³-hybridized carbons (Fsp3) is 0.250. The molecule has 0 fully saturated rings. The zero-order chi connectivity index (χ0) is 10.7. The van der Waals surface area contributed by atoms with Crippen LogP contribution in [0.25, 0.3) is 0 Å². The molecule has 0 radical (unpaired) electrons. The van der Waals surface area contributed by atoms with Crippen molar-refractivity contribution in [1.29, 1.82) is 0 Å². The summed E-state index contributed by atoms with van der Waals surface area (Å²) in [5.41, 5.74) is 0. The van der Waals surface area contributed by atoms with Crippen molar-refractivity contribution in [3.63, 3.8) is 0 Å². The first-order chi connectivity index (χ1) is 6.65. The van der Waals surface area contributed by atoms with E-state index in [-0.39, 0.29) is 17.3 Å². The average molecular weight is 200 g/mol. The second-order valence-electron chi connectivity index (χ2n) is 2.28. The summed E-state index contributed by atoms with van der Waals surface area (Å²) >= 11 is 0. The van der Waals surface area contributed by atoms with E-state index in [4.69, 9.17) is 19.0 Å². The van der Waals surface area contributed by atoms with Crippen molar-refractivity contribution >= 4 is 12.3 Å². The molecule has 0 saturated carbocycles. The number of furan rings is 1. The lowest BCUT2D eigenvalue weighted by Gasteiger charge is -1.99. The van der Waals surface area contributed by atoms with Gasteiger partial charge in [0.15, 0.2) is 6.29 Å². The summed E-state index contributed by atoms with van der Waals surface area (Å²) < 4.78 is 14.2. The largest absolute Gasteiger partial charge is 0.490 e. The summed E-state index contributed by atoms with van der Waals surface area (Å²) in [7, 11) is 2.54. The molecule has 0 unspecified atom stereocenters. The van der Waals surface area contributed by atoms with Gasteiger partial charge in [0.1, 0.15) is 0 Å². The molecule has 0 atom stereocenters. The van der Waals surface area contributed by atoms with E-state index >= 15 is 0 Å². The molecule has 0 aliphatic heterocycles. The van der Waals surface area contributed by atoms with Crippen molar-refractivity contribution in [3.05, 3.63) is 11.5 Å². The van der Waals surface area contributed by atoms with E-state index in [1.165, 1.54) is 14.2 Å². The predicted molar refractivity (Wildman–Crippen MR) is 44.2 cm³/mol. The van der Waals surface area contributed by atoms with Crippen molar-refractivity contribution < 1.29 is 28.6 Å². The molecule has 1 N–H and O–H groups in total. The van der Waals surface area contributed by atoms with E-state index in [1.807, 2.05) is 0 Å². The number of carbonyl (C=O) groups is 2. The Labute approximate surface area is 79.0 Å². The van der Waals surface area contributed by atoms with Gasteiger partial charge in [0, 0.05) is 0 Å². The van der Waals surface area contributed by atoms with E-state index in [2.05, 4.69) is 0 Å². The Bertz CT molecular complexity index is 364. The number of rotatable bonds is 4. The van der Waals surface area contributed by atoms with Gasteiger partial charge < -0.3 is 19.0 Å². The predicted octanol–water partition coefficient (Wildman–Crippen LogP) is 0.807. The van der Waals surface area contributed by atoms with Gasteiger partial charge in [-0.1, -0.05) is 0 Å². The highest BCUT2D eigenvalue weighted by molar-refractivity contribution is 5.92. The van der Waals surface area contributed by atoms with Crippen LogP contribution >= 0.6 is 0 Å². The Morgan fingerprint density at radius 3 is 2.29 bits per heavy atom. The van der Waals surface area contributed by atoms with Crippen LogP contribution < -0.4 is 9.47 Å². The van der Waals surface area contributed by atoms with Crippen LogP contribution in [-0.2, 0) is 0 Å². The van der Waals surface area contributed by atoms with Crippen molar-refractivity contribution in [1.82, 2.24) is 0 Å². The van der Waals surface area contributed by atoms with Crippen molar-refractivity contribution in [2.75, 3.05) is 14.2 Å². The van der Waals surface area contributed by atoms with Gasteiger partial charge in [0.2, 0.25) is 17.3 Å². The van der Waals surface area contributed by atoms with E-state index in [0.717, 1.165) is 0 Å². The number of hydrogen-bond donors (Lipinski definition) is 1. The van der Waals surface area contributed by atoms with Crippen LogP contribution in [0.5, 0.6) is 11.5 Å². The smallest absolute Gasteiger partial charge is 0.375 e. The molecule has 0 aliphatic rings. The summed E-state index contributed by atoms with van der Waals surface area (Å²) in [5, 5.41) is 8.68. The number of methoxy groups -OCH3 is 2. The standard InChI is InChI=1S/C8H8O6/c1-12-5-4(3-9)14-7(8(10)11)6(5)13-2/h3H,1-2H3,(H,10,11). The lowest BCUT2D eigenvalue weighted by molar-refractivity contribution is 0.0656. The first kappa shape index (κ1) is 10.1. The summed E-state index contributed by atoms with van der Waals surface area (Å²) in [6, 6.07) is 0. The molecule has 6 nitrogen and oxygen atoms in total. The first-order valence-electron chi connectivity index (χ1n) is 3.59. The van der Waals surface area contributed by atoms with E-state index in [1.54, 1.807) is 0 Å². The Morgan fingerprint density at radius 1 is 1.36 bits per heavy atom. The lowest BCUT2D eigenvalue weighted by atomic mass is 10.3. The van der Waals surface area contributed by atoms with Crippen molar-refractivity contribution in [2.24, 2.45) is 0 Å².